The number of aryl methyl sites for hydroxylation is 2. The van der Waals surface area contributed by atoms with Gasteiger partial charge in [0.1, 0.15) is 0 Å². The summed E-state index contributed by atoms with van der Waals surface area (Å²) in [4.78, 5) is 3.17. The molecule has 3 aromatic rings. The number of benzene rings is 1. The van der Waals surface area contributed by atoms with Crippen LogP contribution in [-0.2, 0) is 13.1 Å². The van der Waals surface area contributed by atoms with Gasteiger partial charge in [0.25, 0.3) is 0 Å². The topological polar surface area (TPSA) is 62.3 Å². The predicted molar refractivity (Wildman–Crippen MR) is 78.7 cm³/mol. The van der Waals surface area contributed by atoms with Crippen LogP contribution >= 0.6 is 12.2 Å². The largest absolute Gasteiger partial charge is 0.331 e. The Kier molecular flexibility index (Phi) is 3.35. The second-order valence-electron chi connectivity index (χ2n) is 4.55. The highest BCUT2D eigenvalue weighted by molar-refractivity contribution is 7.71. The standard InChI is InChI=1S/C14H13N5S/c15-10-11-3-4-12-13(9-11)19(14(20)17-12)8-2-7-18-6-1-5-16-18/h1,3-6,9H,2,7-8H2,(H,17,20). The van der Waals surface area contributed by atoms with Gasteiger partial charge in [0.2, 0.25) is 0 Å². The van der Waals surface area contributed by atoms with E-state index in [1.54, 1.807) is 12.3 Å². The van der Waals surface area contributed by atoms with E-state index in [4.69, 9.17) is 17.5 Å². The molecule has 0 aliphatic heterocycles. The van der Waals surface area contributed by atoms with Gasteiger partial charge in [-0.3, -0.25) is 4.68 Å². The highest BCUT2D eigenvalue weighted by atomic mass is 32.1. The van der Waals surface area contributed by atoms with Gasteiger partial charge in [-0.15, -0.1) is 0 Å². The zero-order valence-electron chi connectivity index (χ0n) is 10.8. The summed E-state index contributed by atoms with van der Waals surface area (Å²) < 4.78 is 4.63. The van der Waals surface area contributed by atoms with Gasteiger partial charge in [-0.05, 0) is 42.9 Å². The molecule has 3 rings (SSSR count). The Morgan fingerprint density at radius 2 is 2.25 bits per heavy atom. The third-order valence-electron chi connectivity index (χ3n) is 3.23. The van der Waals surface area contributed by atoms with Crippen molar-refractivity contribution in [2.24, 2.45) is 0 Å². The lowest BCUT2D eigenvalue weighted by atomic mass is 10.2. The number of aromatic nitrogens is 4. The summed E-state index contributed by atoms with van der Waals surface area (Å²) in [6, 6.07) is 9.63. The smallest absolute Gasteiger partial charge is 0.178 e. The molecule has 5 nitrogen and oxygen atoms in total. The number of nitrogens with zero attached hydrogens (tertiary/aromatic N) is 4. The van der Waals surface area contributed by atoms with E-state index in [2.05, 4.69) is 16.2 Å². The lowest BCUT2D eigenvalue weighted by molar-refractivity contribution is 0.530. The number of nitrogens with one attached hydrogen (secondary N) is 1. The highest BCUT2D eigenvalue weighted by Crippen LogP contribution is 2.16. The molecule has 0 bridgehead atoms. The average Bonchev–Trinajstić information content (AvgIpc) is 3.07. The molecule has 20 heavy (non-hydrogen) atoms. The van der Waals surface area contributed by atoms with Crippen molar-refractivity contribution in [3.63, 3.8) is 0 Å². The second kappa shape index (κ2) is 5.31. The molecule has 0 fully saturated rings. The Hall–Kier alpha value is -2.39. The summed E-state index contributed by atoms with van der Waals surface area (Å²) in [5.74, 6) is 0. The normalized spacial score (nSPS) is 10.8. The number of fused-ring (bicyclic) bond motifs is 1. The molecule has 6 heteroatoms. The van der Waals surface area contributed by atoms with E-state index in [9.17, 15) is 0 Å². The van der Waals surface area contributed by atoms with Crippen LogP contribution in [0, 0.1) is 16.1 Å². The molecule has 0 unspecified atom stereocenters. The van der Waals surface area contributed by atoms with Crippen LogP contribution in [0.1, 0.15) is 12.0 Å². The van der Waals surface area contributed by atoms with Crippen LogP contribution < -0.4 is 0 Å². The van der Waals surface area contributed by atoms with Crippen molar-refractivity contribution in [1.82, 2.24) is 19.3 Å². The van der Waals surface area contributed by atoms with Crippen molar-refractivity contribution in [3.05, 3.63) is 47.0 Å². The fourth-order valence-corrected chi connectivity index (χ4v) is 2.57. The number of aromatic amines is 1. The van der Waals surface area contributed by atoms with Crippen molar-refractivity contribution < 1.29 is 0 Å². The summed E-state index contributed by atoms with van der Waals surface area (Å²) in [7, 11) is 0. The van der Waals surface area contributed by atoms with E-state index >= 15 is 0 Å². The van der Waals surface area contributed by atoms with E-state index < -0.39 is 0 Å². The Morgan fingerprint density at radius 1 is 1.35 bits per heavy atom. The molecule has 0 aliphatic rings. The first-order chi connectivity index (χ1) is 9.78. The average molecular weight is 283 g/mol. The summed E-state index contributed by atoms with van der Waals surface area (Å²) in [6.07, 6.45) is 4.65. The summed E-state index contributed by atoms with van der Waals surface area (Å²) >= 11 is 5.35. The van der Waals surface area contributed by atoms with Gasteiger partial charge < -0.3 is 9.55 Å². The van der Waals surface area contributed by atoms with Gasteiger partial charge in [-0.25, -0.2) is 0 Å². The Bertz CT molecular complexity index is 819. The van der Waals surface area contributed by atoms with Crippen molar-refractivity contribution in [2.75, 3.05) is 0 Å². The molecule has 2 aromatic heterocycles. The van der Waals surface area contributed by atoms with Gasteiger partial charge in [0, 0.05) is 25.5 Å². The second-order valence-corrected chi connectivity index (χ2v) is 4.93. The minimum atomic E-state index is 0.646. The van der Waals surface area contributed by atoms with E-state index in [0.717, 1.165) is 30.5 Å². The molecule has 0 spiro atoms. The van der Waals surface area contributed by atoms with Gasteiger partial charge in [-0.2, -0.15) is 10.4 Å². The maximum absolute atomic E-state index is 8.99. The number of rotatable bonds is 4. The fourth-order valence-electron chi connectivity index (χ4n) is 2.27. The monoisotopic (exact) mass is 283 g/mol. The maximum Gasteiger partial charge on any atom is 0.178 e. The number of nitriles is 1. The fraction of sp³-hybridized carbons (Fsp3) is 0.214. The number of imidazole rings is 1. The quantitative estimate of drug-likeness (QED) is 0.749. The Balaban J connectivity index is 1.85. The third-order valence-corrected chi connectivity index (χ3v) is 3.55. The van der Waals surface area contributed by atoms with Crippen molar-refractivity contribution in [2.45, 2.75) is 19.5 Å². The van der Waals surface area contributed by atoms with E-state index in [1.807, 2.05) is 33.6 Å². The molecule has 0 radical (unpaired) electrons. The van der Waals surface area contributed by atoms with Gasteiger partial charge >= 0.3 is 0 Å². The van der Waals surface area contributed by atoms with Crippen LogP contribution in [-0.4, -0.2) is 19.3 Å². The molecular formula is C14H13N5S. The highest BCUT2D eigenvalue weighted by Gasteiger charge is 2.05. The zero-order chi connectivity index (χ0) is 13.9. The first-order valence-corrected chi connectivity index (χ1v) is 6.79. The van der Waals surface area contributed by atoms with E-state index in [0.29, 0.717) is 10.3 Å². The first-order valence-electron chi connectivity index (χ1n) is 6.38. The predicted octanol–water partition coefficient (Wildman–Crippen LogP) is 2.86. The van der Waals surface area contributed by atoms with Crippen LogP contribution in [0.5, 0.6) is 0 Å². The van der Waals surface area contributed by atoms with Crippen LogP contribution in [0.3, 0.4) is 0 Å². The molecule has 100 valence electrons. The molecule has 1 N–H and O–H groups in total. The summed E-state index contributed by atoms with van der Waals surface area (Å²) in [6.45, 7) is 1.65. The molecule has 2 heterocycles. The molecule has 0 saturated carbocycles. The summed E-state index contributed by atoms with van der Waals surface area (Å²) in [5.41, 5.74) is 2.59. The first kappa shape index (κ1) is 12.6. The Morgan fingerprint density at radius 3 is 3.00 bits per heavy atom. The Labute approximate surface area is 121 Å². The zero-order valence-corrected chi connectivity index (χ0v) is 11.6. The lowest BCUT2D eigenvalue weighted by Crippen LogP contribution is -2.04. The van der Waals surface area contributed by atoms with E-state index in [-0.39, 0.29) is 0 Å². The lowest BCUT2D eigenvalue weighted by Gasteiger charge is -2.05. The molecule has 0 amide bonds. The van der Waals surface area contributed by atoms with Crippen LogP contribution in [0.15, 0.2) is 36.7 Å². The van der Waals surface area contributed by atoms with Crippen LogP contribution in [0.25, 0.3) is 11.0 Å². The number of H-pyrrole nitrogens is 1. The third kappa shape index (κ3) is 2.36. The van der Waals surface area contributed by atoms with Crippen molar-refractivity contribution in [1.29, 1.82) is 5.26 Å². The molecule has 0 aliphatic carbocycles. The number of hydrogen-bond donors (Lipinski definition) is 1. The molecule has 1 aromatic carbocycles. The van der Waals surface area contributed by atoms with Gasteiger partial charge in [0.15, 0.2) is 4.77 Å². The minimum absolute atomic E-state index is 0.646. The van der Waals surface area contributed by atoms with Gasteiger partial charge in [-0.1, -0.05) is 0 Å². The molecule has 0 saturated heterocycles. The van der Waals surface area contributed by atoms with Gasteiger partial charge in [0.05, 0.1) is 22.7 Å². The molecule has 0 atom stereocenters. The molecular weight excluding hydrogens is 270 g/mol. The minimum Gasteiger partial charge on any atom is -0.331 e. The van der Waals surface area contributed by atoms with Crippen LogP contribution in [0.2, 0.25) is 0 Å². The van der Waals surface area contributed by atoms with Crippen LogP contribution in [0.4, 0.5) is 0 Å². The maximum atomic E-state index is 8.99. The van der Waals surface area contributed by atoms with Crippen molar-refractivity contribution in [3.8, 4) is 6.07 Å². The van der Waals surface area contributed by atoms with Crippen molar-refractivity contribution >= 4 is 23.3 Å². The summed E-state index contributed by atoms with van der Waals surface area (Å²) in [5, 5.41) is 13.2. The number of hydrogen-bond acceptors (Lipinski definition) is 3. The SMILES string of the molecule is N#Cc1ccc2[nH]c(=S)n(CCCn3cccn3)c2c1. The van der Waals surface area contributed by atoms with E-state index in [1.165, 1.54) is 0 Å².